The van der Waals surface area contributed by atoms with Gasteiger partial charge in [-0.15, -0.1) is 0 Å². The lowest BCUT2D eigenvalue weighted by atomic mass is 9.90. The van der Waals surface area contributed by atoms with Gasteiger partial charge in [0, 0.05) is 5.75 Å². The summed E-state index contributed by atoms with van der Waals surface area (Å²) in [5.74, 6) is 2.22. The molecule has 1 aromatic carbocycles. The Balaban J connectivity index is 2.28. The largest absolute Gasteiger partial charge is 0.198 e. The van der Waals surface area contributed by atoms with E-state index in [4.69, 9.17) is 5.26 Å². The molecule has 0 spiro atoms. The van der Waals surface area contributed by atoms with Gasteiger partial charge in [0.05, 0.1) is 11.5 Å². The van der Waals surface area contributed by atoms with Crippen LogP contribution in [0.2, 0.25) is 0 Å². The molecule has 0 fully saturated rings. The van der Waals surface area contributed by atoms with Crippen LogP contribution < -0.4 is 0 Å². The fourth-order valence-corrected chi connectivity index (χ4v) is 2.91. The smallest absolute Gasteiger partial charge is 0.0683 e. The van der Waals surface area contributed by atoms with Gasteiger partial charge in [-0.1, -0.05) is 29.3 Å². The highest BCUT2D eigenvalue weighted by atomic mass is 32.2. The molecule has 98 valence electrons. The van der Waals surface area contributed by atoms with Crippen LogP contribution in [0.25, 0.3) is 0 Å². The predicted octanol–water partition coefficient (Wildman–Crippen LogP) is 4.87. The molecule has 0 aromatic heterocycles. The third-order valence-corrected chi connectivity index (χ3v) is 4.06. The molecule has 0 aliphatic carbocycles. The first-order valence-corrected chi connectivity index (χ1v) is 7.64. The Kier molecular flexibility index (Phi) is 5.75. The van der Waals surface area contributed by atoms with Crippen LogP contribution in [0.5, 0.6) is 0 Å². The van der Waals surface area contributed by atoms with Crippen molar-refractivity contribution in [3.63, 3.8) is 0 Å². The van der Waals surface area contributed by atoms with Crippen molar-refractivity contribution >= 4 is 11.8 Å². The first-order valence-electron chi connectivity index (χ1n) is 6.49. The van der Waals surface area contributed by atoms with Gasteiger partial charge < -0.3 is 0 Å². The number of hydrogen-bond acceptors (Lipinski definition) is 2. The van der Waals surface area contributed by atoms with Crippen LogP contribution >= 0.6 is 11.8 Å². The summed E-state index contributed by atoms with van der Waals surface area (Å²) in [6.07, 6.45) is 2.11. The van der Waals surface area contributed by atoms with Crippen LogP contribution in [0.15, 0.2) is 18.2 Å². The maximum atomic E-state index is 8.93. The molecular weight excluding hydrogens is 238 g/mol. The number of nitrogens with zero attached hydrogens (tertiary/aromatic N) is 1. The Bertz CT molecular complexity index is 409. The molecule has 0 amide bonds. The second-order valence-corrected chi connectivity index (χ2v) is 6.75. The second kappa shape index (κ2) is 6.85. The molecule has 0 aliphatic rings. The lowest BCUT2D eigenvalue weighted by molar-refractivity contribution is 0.448. The Morgan fingerprint density at radius 2 is 1.78 bits per heavy atom. The summed E-state index contributed by atoms with van der Waals surface area (Å²) >= 11 is 1.97. The summed E-state index contributed by atoms with van der Waals surface area (Å²) in [6.45, 7) is 8.33. The van der Waals surface area contributed by atoms with Gasteiger partial charge in [0.15, 0.2) is 0 Å². The molecule has 18 heavy (non-hydrogen) atoms. The molecule has 0 radical (unpaired) electrons. The van der Waals surface area contributed by atoms with Crippen molar-refractivity contribution in [2.24, 2.45) is 5.41 Å². The molecule has 1 nitrogen and oxygen atoms in total. The highest BCUT2D eigenvalue weighted by molar-refractivity contribution is 7.98. The van der Waals surface area contributed by atoms with Crippen molar-refractivity contribution in [1.82, 2.24) is 0 Å². The van der Waals surface area contributed by atoms with E-state index in [1.54, 1.807) is 0 Å². The van der Waals surface area contributed by atoms with Gasteiger partial charge in [0.1, 0.15) is 0 Å². The quantitative estimate of drug-likeness (QED) is 0.682. The SMILES string of the molecule is Cc1cc(C)cc(CSCCCC(C)(C)C#N)c1. The average Bonchev–Trinajstić information content (AvgIpc) is 2.27. The lowest BCUT2D eigenvalue weighted by Crippen LogP contribution is -2.07. The maximum Gasteiger partial charge on any atom is 0.0683 e. The van der Waals surface area contributed by atoms with Gasteiger partial charge in [-0.3, -0.25) is 0 Å². The molecule has 1 rings (SSSR count). The zero-order chi connectivity index (χ0) is 13.6. The number of rotatable bonds is 6. The lowest BCUT2D eigenvalue weighted by Gasteiger charge is -2.14. The standard InChI is InChI=1S/C16H23NS/c1-13-8-14(2)10-15(9-13)11-18-7-5-6-16(3,4)12-17/h8-10H,5-7,11H2,1-4H3. The summed E-state index contributed by atoms with van der Waals surface area (Å²) < 4.78 is 0. The van der Waals surface area contributed by atoms with E-state index in [0.29, 0.717) is 0 Å². The van der Waals surface area contributed by atoms with E-state index < -0.39 is 0 Å². The highest BCUT2D eigenvalue weighted by Gasteiger charge is 2.15. The Morgan fingerprint density at radius 1 is 1.17 bits per heavy atom. The fourth-order valence-electron chi connectivity index (χ4n) is 2.01. The minimum atomic E-state index is -0.166. The van der Waals surface area contributed by atoms with Crippen molar-refractivity contribution in [2.45, 2.75) is 46.3 Å². The van der Waals surface area contributed by atoms with Crippen LogP contribution in [-0.4, -0.2) is 5.75 Å². The average molecular weight is 261 g/mol. The first-order chi connectivity index (χ1) is 8.43. The van der Waals surface area contributed by atoms with Gasteiger partial charge in [-0.2, -0.15) is 17.0 Å². The monoisotopic (exact) mass is 261 g/mol. The molecule has 0 aliphatic heterocycles. The molecular formula is C16H23NS. The molecule has 0 heterocycles. The number of thioether (sulfide) groups is 1. The number of benzene rings is 1. The summed E-state index contributed by atoms with van der Waals surface area (Å²) in [6, 6.07) is 9.09. The number of hydrogen-bond donors (Lipinski definition) is 0. The minimum Gasteiger partial charge on any atom is -0.198 e. The molecule has 0 N–H and O–H groups in total. The van der Waals surface area contributed by atoms with E-state index in [9.17, 15) is 0 Å². The van der Waals surface area contributed by atoms with Gasteiger partial charge in [0.2, 0.25) is 0 Å². The summed E-state index contributed by atoms with van der Waals surface area (Å²) in [7, 11) is 0. The summed E-state index contributed by atoms with van der Waals surface area (Å²) in [4.78, 5) is 0. The van der Waals surface area contributed by atoms with Crippen molar-refractivity contribution in [3.8, 4) is 6.07 Å². The Morgan fingerprint density at radius 3 is 2.33 bits per heavy atom. The van der Waals surface area contributed by atoms with Crippen molar-refractivity contribution in [1.29, 1.82) is 5.26 Å². The number of nitriles is 1. The van der Waals surface area contributed by atoms with Crippen LogP contribution in [0, 0.1) is 30.6 Å². The maximum absolute atomic E-state index is 8.93. The van der Waals surface area contributed by atoms with Crippen molar-refractivity contribution < 1.29 is 0 Å². The molecule has 0 atom stereocenters. The normalized spacial score (nSPS) is 11.3. The Labute approximate surface area is 116 Å². The van der Waals surface area contributed by atoms with E-state index in [0.717, 1.165) is 24.3 Å². The molecule has 0 saturated heterocycles. The van der Waals surface area contributed by atoms with E-state index in [1.165, 1.54) is 16.7 Å². The van der Waals surface area contributed by atoms with Gasteiger partial charge in [-0.05, 0) is 51.9 Å². The summed E-state index contributed by atoms with van der Waals surface area (Å²) in [5, 5.41) is 8.93. The third-order valence-electron chi connectivity index (χ3n) is 2.94. The molecule has 0 saturated carbocycles. The van der Waals surface area contributed by atoms with Crippen LogP contribution in [-0.2, 0) is 5.75 Å². The molecule has 1 aromatic rings. The summed E-state index contributed by atoms with van der Waals surface area (Å²) in [5.41, 5.74) is 3.94. The van der Waals surface area contributed by atoms with Crippen molar-refractivity contribution in [2.75, 3.05) is 5.75 Å². The topological polar surface area (TPSA) is 23.8 Å². The third kappa shape index (κ3) is 5.60. The predicted molar refractivity (Wildman–Crippen MR) is 80.7 cm³/mol. The molecule has 0 bridgehead atoms. The van der Waals surface area contributed by atoms with Gasteiger partial charge in [0.25, 0.3) is 0 Å². The fraction of sp³-hybridized carbons (Fsp3) is 0.562. The van der Waals surface area contributed by atoms with E-state index in [1.807, 2.05) is 25.6 Å². The Hall–Kier alpha value is -0.940. The highest BCUT2D eigenvalue weighted by Crippen LogP contribution is 2.23. The molecule has 2 heteroatoms. The van der Waals surface area contributed by atoms with Crippen LogP contribution in [0.4, 0.5) is 0 Å². The second-order valence-electron chi connectivity index (χ2n) is 5.65. The molecule has 0 unspecified atom stereocenters. The first kappa shape index (κ1) is 15.1. The van der Waals surface area contributed by atoms with Gasteiger partial charge in [-0.25, -0.2) is 0 Å². The zero-order valence-corrected chi connectivity index (χ0v) is 12.7. The minimum absolute atomic E-state index is 0.166. The van der Waals surface area contributed by atoms with Crippen LogP contribution in [0.1, 0.15) is 43.4 Å². The van der Waals surface area contributed by atoms with Gasteiger partial charge >= 0.3 is 0 Å². The van der Waals surface area contributed by atoms with E-state index in [2.05, 4.69) is 38.1 Å². The van der Waals surface area contributed by atoms with Crippen molar-refractivity contribution in [3.05, 3.63) is 34.9 Å². The zero-order valence-electron chi connectivity index (χ0n) is 11.9. The van der Waals surface area contributed by atoms with E-state index >= 15 is 0 Å². The van der Waals surface area contributed by atoms with E-state index in [-0.39, 0.29) is 5.41 Å². The van der Waals surface area contributed by atoms with Crippen LogP contribution in [0.3, 0.4) is 0 Å². The number of aryl methyl sites for hydroxylation is 2.